The predicted octanol–water partition coefficient (Wildman–Crippen LogP) is 15.7. The van der Waals surface area contributed by atoms with Crippen molar-refractivity contribution in [2.75, 3.05) is 86.3 Å². The Bertz CT molecular complexity index is 4280. The maximum atomic E-state index is 13.7. The molecule has 0 bridgehead atoms. The van der Waals surface area contributed by atoms with Crippen molar-refractivity contribution < 1.29 is 56.8 Å². The zero-order chi connectivity index (χ0) is 73.9. The lowest BCUT2D eigenvalue weighted by Crippen LogP contribution is -2.32. The van der Waals surface area contributed by atoms with Gasteiger partial charge in [0.25, 0.3) is 11.8 Å². The number of unbranched alkanes of at least 4 members (excludes halogenated alkanes) is 2. The fraction of sp³-hybridized carbons (Fsp3) is 0.390. The second-order valence-corrected chi connectivity index (χ2v) is 28.9. The van der Waals surface area contributed by atoms with Crippen LogP contribution in [-0.2, 0) is 74.8 Å². The van der Waals surface area contributed by atoms with E-state index in [0.29, 0.717) is 116 Å². The number of ether oxygens (including phenoxy) is 4. The van der Waals surface area contributed by atoms with Gasteiger partial charge in [0, 0.05) is 89.6 Å². The number of hydrogen-bond donors (Lipinski definition) is 4. The van der Waals surface area contributed by atoms with Crippen LogP contribution in [0.15, 0.2) is 161 Å². The number of nitrogens with one attached hydrogen (secondary N) is 2. The normalized spacial score (nSPS) is 14.5. The number of hydrogen-bond acceptors (Lipinski definition) is 14. The molecule has 104 heavy (non-hydrogen) atoms. The molecule has 22 heteroatoms. The zero-order valence-corrected chi connectivity index (χ0v) is 62.7. The number of imidazole rings is 2. The lowest BCUT2D eigenvalue weighted by atomic mass is 9.96. The highest BCUT2D eigenvalue weighted by atomic mass is 32.2. The summed E-state index contributed by atoms with van der Waals surface area (Å²) in [6.45, 7) is 20.9. The Balaban J connectivity index is 0.000000241. The molecular formula is C82H100N8O12S2. The Kier molecular flexibility index (Phi) is 30.2. The number of carbonyl (C=O) groups excluding carboxylic acids is 2. The SMILES string of the molecule is CCCCOCCOc1ccc(-c2ccc3c(c2)/C=C(/C(=O)Nc2ccc([S@@](=O)Cc4c(C)nc(C)n4CCC)cc2)CCCN3CC(=O)O)cc1.CCCCOCCOc1ccc(-c2ccc3c(c2)/C=C(/C(=O)Nc2ccc([S@@](=O)Cc4c(C)ncn4CCC)cc2)CCCN3CCC(=O)O)cc1. The van der Waals surface area contributed by atoms with E-state index in [2.05, 4.69) is 68.4 Å². The molecule has 2 aliphatic heterocycles. The van der Waals surface area contributed by atoms with Gasteiger partial charge in [-0.2, -0.15) is 0 Å². The minimum absolute atomic E-state index is 0.0200. The number of nitrogens with zero attached hydrogens (tertiary/aromatic N) is 6. The molecule has 6 aromatic carbocycles. The summed E-state index contributed by atoms with van der Waals surface area (Å²) >= 11 is 0. The van der Waals surface area contributed by atoms with Gasteiger partial charge in [-0.25, -0.2) is 9.97 Å². The van der Waals surface area contributed by atoms with E-state index in [0.717, 1.165) is 150 Å². The van der Waals surface area contributed by atoms with Crippen molar-refractivity contribution in [1.82, 2.24) is 19.1 Å². The van der Waals surface area contributed by atoms with E-state index < -0.39 is 33.5 Å². The number of anilines is 4. The van der Waals surface area contributed by atoms with E-state index >= 15 is 0 Å². The molecule has 0 saturated carbocycles. The van der Waals surface area contributed by atoms with Crippen molar-refractivity contribution in [1.29, 1.82) is 0 Å². The Morgan fingerprint density at radius 1 is 0.510 bits per heavy atom. The van der Waals surface area contributed by atoms with Crippen LogP contribution in [0.1, 0.15) is 138 Å². The summed E-state index contributed by atoms with van der Waals surface area (Å²) in [5.41, 5.74) is 13.3. The average Bonchev–Trinajstić information content (AvgIpc) is 1.45. The maximum Gasteiger partial charge on any atom is 0.323 e. The third-order valence-electron chi connectivity index (χ3n) is 18.1. The van der Waals surface area contributed by atoms with Crippen LogP contribution in [0.5, 0.6) is 11.5 Å². The third-order valence-corrected chi connectivity index (χ3v) is 20.8. The van der Waals surface area contributed by atoms with Crippen molar-refractivity contribution in [3.8, 4) is 33.8 Å². The first-order valence-corrected chi connectivity index (χ1v) is 38.9. The summed E-state index contributed by atoms with van der Waals surface area (Å²) in [4.78, 5) is 64.9. The van der Waals surface area contributed by atoms with Gasteiger partial charge in [-0.1, -0.05) is 76.9 Å². The van der Waals surface area contributed by atoms with Crippen LogP contribution < -0.4 is 29.9 Å². The van der Waals surface area contributed by atoms with Crippen molar-refractivity contribution in [3.63, 3.8) is 0 Å². The van der Waals surface area contributed by atoms with Gasteiger partial charge in [0.1, 0.15) is 37.1 Å². The first kappa shape index (κ1) is 78.7. The fourth-order valence-corrected chi connectivity index (χ4v) is 15.0. The molecule has 0 fully saturated rings. The summed E-state index contributed by atoms with van der Waals surface area (Å²) in [6, 6.07) is 42.1. The van der Waals surface area contributed by atoms with E-state index in [1.54, 1.807) is 48.5 Å². The fourth-order valence-electron chi connectivity index (χ4n) is 12.5. The summed E-state index contributed by atoms with van der Waals surface area (Å²) in [7, 11) is -2.54. The van der Waals surface area contributed by atoms with E-state index in [4.69, 9.17) is 18.9 Å². The molecule has 0 unspecified atom stereocenters. The Hall–Kier alpha value is -9.48. The topological polar surface area (TPSA) is 246 Å². The molecule has 2 atom stereocenters. The average molecular weight is 1450 g/mol. The molecular weight excluding hydrogens is 1350 g/mol. The van der Waals surface area contributed by atoms with Gasteiger partial charge < -0.3 is 58.7 Å². The molecule has 8 aromatic rings. The molecule has 4 heterocycles. The predicted molar refractivity (Wildman–Crippen MR) is 415 cm³/mol. The highest BCUT2D eigenvalue weighted by molar-refractivity contribution is 7.84. The molecule has 0 saturated heterocycles. The summed E-state index contributed by atoms with van der Waals surface area (Å²) in [5.74, 6) is 1.01. The molecule has 2 aliphatic rings. The van der Waals surface area contributed by atoms with Crippen LogP contribution in [-0.4, -0.2) is 127 Å². The Morgan fingerprint density at radius 3 is 1.45 bits per heavy atom. The van der Waals surface area contributed by atoms with Crippen LogP contribution in [0.25, 0.3) is 34.4 Å². The smallest absolute Gasteiger partial charge is 0.323 e. The van der Waals surface area contributed by atoms with Crippen LogP contribution in [0.4, 0.5) is 22.7 Å². The molecule has 2 aromatic heterocycles. The number of carboxylic acid groups (broad SMARTS) is 2. The second kappa shape index (κ2) is 40.0. The van der Waals surface area contributed by atoms with Crippen molar-refractivity contribution in [3.05, 3.63) is 191 Å². The molecule has 0 radical (unpaired) electrons. The highest BCUT2D eigenvalue weighted by Crippen LogP contribution is 2.36. The van der Waals surface area contributed by atoms with E-state index in [1.807, 2.05) is 123 Å². The third kappa shape index (κ3) is 22.8. The van der Waals surface area contributed by atoms with Crippen LogP contribution in [0.2, 0.25) is 0 Å². The lowest BCUT2D eigenvalue weighted by Gasteiger charge is -2.28. The van der Waals surface area contributed by atoms with Crippen LogP contribution >= 0.6 is 0 Å². The summed E-state index contributed by atoms with van der Waals surface area (Å²) < 4.78 is 53.7. The van der Waals surface area contributed by atoms with E-state index in [9.17, 15) is 37.8 Å². The van der Waals surface area contributed by atoms with Crippen molar-refractivity contribution in [2.45, 2.75) is 153 Å². The molecule has 2 amide bonds. The number of fused-ring (bicyclic) bond motifs is 2. The van der Waals surface area contributed by atoms with Crippen LogP contribution in [0.3, 0.4) is 0 Å². The number of aromatic nitrogens is 4. The largest absolute Gasteiger partial charge is 0.491 e. The first-order valence-electron chi connectivity index (χ1n) is 36.3. The maximum absolute atomic E-state index is 13.7. The quantitative estimate of drug-likeness (QED) is 0.0270. The molecule has 0 spiro atoms. The number of rotatable bonds is 35. The molecule has 4 N–H and O–H groups in total. The van der Waals surface area contributed by atoms with Gasteiger partial charge in [-0.05, 0) is 215 Å². The van der Waals surface area contributed by atoms with Gasteiger partial charge in [0.05, 0.1) is 81.8 Å². The number of aryl methyl sites for hydroxylation is 4. The number of aliphatic carboxylic acids is 2. The number of carbonyl (C=O) groups is 4. The van der Waals surface area contributed by atoms with Crippen molar-refractivity contribution >= 4 is 80.3 Å². The number of benzene rings is 6. The van der Waals surface area contributed by atoms with E-state index in [1.165, 1.54) is 0 Å². The van der Waals surface area contributed by atoms with Crippen molar-refractivity contribution in [2.24, 2.45) is 0 Å². The summed E-state index contributed by atoms with van der Waals surface area (Å²) in [5, 5.41) is 25.1. The van der Waals surface area contributed by atoms with E-state index in [-0.39, 0.29) is 24.8 Å². The molecule has 10 rings (SSSR count). The minimum atomic E-state index is -1.27. The Labute approximate surface area is 616 Å². The highest BCUT2D eigenvalue weighted by Gasteiger charge is 2.24. The molecule has 0 aliphatic carbocycles. The Morgan fingerprint density at radius 2 is 0.981 bits per heavy atom. The monoisotopic (exact) mass is 1450 g/mol. The summed E-state index contributed by atoms with van der Waals surface area (Å²) in [6.07, 6.45) is 14.1. The zero-order valence-electron chi connectivity index (χ0n) is 61.1. The minimum Gasteiger partial charge on any atom is -0.491 e. The lowest BCUT2D eigenvalue weighted by molar-refractivity contribution is -0.137. The second-order valence-electron chi connectivity index (χ2n) is 26.0. The van der Waals surface area contributed by atoms with Gasteiger partial charge in [-0.3, -0.25) is 27.6 Å². The number of carboxylic acids is 2. The van der Waals surface area contributed by atoms with Gasteiger partial charge >= 0.3 is 11.9 Å². The van der Waals surface area contributed by atoms with Crippen LogP contribution in [0, 0.1) is 20.8 Å². The first-order chi connectivity index (χ1) is 50.4. The van der Waals surface area contributed by atoms with Gasteiger partial charge in [0.2, 0.25) is 0 Å². The molecule has 552 valence electrons. The van der Waals surface area contributed by atoms with Gasteiger partial charge in [-0.15, -0.1) is 0 Å². The number of amides is 2. The molecule has 20 nitrogen and oxygen atoms in total. The van der Waals surface area contributed by atoms with Gasteiger partial charge in [0.15, 0.2) is 0 Å². The standard InChI is InChI=1S/2C41H50N4O6S/c1-5-7-22-50-23-24-51-36-15-10-31(11-16-36)32-12-19-38-34(25-32)26-33(9-8-21-44(38)27-40(46)47)41(48)43-35-13-17-37(18-14-35)52(49)28-39-29(3)42-30(4)45(39)20-6-2;1-4-6-23-50-24-25-51-36-14-9-31(10-15-36)32-11-18-38-34(26-32)27-33(8-7-21-44(38)22-19-40(46)47)41(48)43-35-12-16-37(17-13-35)52(49)28-39-30(3)42-29-45(39)20-5-2/h10-19,25-26H,5-9,20-24,27-28H2,1-4H3,(H,43,48)(H,46,47);9-18,26-27,29H,4-8,19-25,28H2,1-3H3,(H,43,48)(H,46,47)/b33-26+;33-27+/t2*52-/m00/s1.